The molecule has 6 nitrogen and oxygen atoms in total. The van der Waals surface area contributed by atoms with Gasteiger partial charge in [0.1, 0.15) is 5.82 Å². The molecule has 1 amide bonds. The number of carbonyl (C=O) groups excluding carboxylic acids is 1. The summed E-state index contributed by atoms with van der Waals surface area (Å²) in [4.78, 5) is 14.8. The smallest absolute Gasteiger partial charge is 0.276 e. The van der Waals surface area contributed by atoms with Crippen LogP contribution in [0.4, 0.5) is 17.2 Å². The van der Waals surface area contributed by atoms with Crippen molar-refractivity contribution >= 4 is 23.1 Å². The molecule has 4 rings (SSSR count). The van der Waals surface area contributed by atoms with E-state index in [4.69, 9.17) is 0 Å². The van der Waals surface area contributed by atoms with Crippen LogP contribution in [-0.2, 0) is 6.54 Å². The molecule has 0 radical (unpaired) electrons. The largest absolute Gasteiger partial charge is 0.372 e. The summed E-state index contributed by atoms with van der Waals surface area (Å²) in [5, 5.41) is 14.2. The molecule has 3 aromatic rings. The lowest BCUT2D eigenvalue weighted by Crippen LogP contribution is -2.18. The molecule has 0 bridgehead atoms. The summed E-state index contributed by atoms with van der Waals surface area (Å²) in [6.45, 7) is 2.86. The molecule has 1 fully saturated rings. The van der Waals surface area contributed by atoms with Crippen LogP contribution in [0.1, 0.15) is 28.9 Å². The van der Waals surface area contributed by atoms with Crippen molar-refractivity contribution < 1.29 is 4.79 Å². The molecule has 1 aliphatic rings. The zero-order valence-corrected chi connectivity index (χ0v) is 15.6. The zero-order valence-electron chi connectivity index (χ0n) is 15.6. The van der Waals surface area contributed by atoms with Gasteiger partial charge in [0.05, 0.1) is 0 Å². The minimum atomic E-state index is -0.268. The normalized spacial score (nSPS) is 13.4. The standard InChI is InChI=1S/C22H23N5O/c28-22(24-18-8-10-19(11-9-18)27-14-4-5-15-27)20-12-13-21(26-25-20)23-16-17-6-2-1-3-7-17/h1-3,6-13H,4-5,14-16H2,(H,23,26)(H,24,28). The highest BCUT2D eigenvalue weighted by molar-refractivity contribution is 6.02. The lowest BCUT2D eigenvalue weighted by Gasteiger charge is -2.17. The Hall–Kier alpha value is -3.41. The van der Waals surface area contributed by atoms with Gasteiger partial charge < -0.3 is 15.5 Å². The molecule has 2 N–H and O–H groups in total. The van der Waals surface area contributed by atoms with Crippen LogP contribution in [0, 0.1) is 0 Å². The minimum absolute atomic E-state index is 0.268. The third-order valence-corrected chi connectivity index (χ3v) is 4.81. The molecule has 28 heavy (non-hydrogen) atoms. The molecule has 6 heteroatoms. The van der Waals surface area contributed by atoms with Gasteiger partial charge in [-0.2, -0.15) is 0 Å². The molecule has 1 aromatic heterocycles. The zero-order chi connectivity index (χ0) is 19.2. The van der Waals surface area contributed by atoms with Crippen LogP contribution in [0.5, 0.6) is 0 Å². The van der Waals surface area contributed by atoms with Gasteiger partial charge >= 0.3 is 0 Å². The van der Waals surface area contributed by atoms with Crippen molar-refractivity contribution in [2.75, 3.05) is 28.6 Å². The van der Waals surface area contributed by atoms with Crippen LogP contribution in [0.15, 0.2) is 66.7 Å². The summed E-state index contributed by atoms with van der Waals surface area (Å²) in [6, 6.07) is 21.4. The fraction of sp³-hybridized carbons (Fsp3) is 0.227. The topological polar surface area (TPSA) is 70.2 Å². The third-order valence-electron chi connectivity index (χ3n) is 4.81. The van der Waals surface area contributed by atoms with E-state index in [2.05, 4.69) is 25.7 Å². The number of aromatic nitrogens is 2. The summed E-state index contributed by atoms with van der Waals surface area (Å²) in [5.74, 6) is 0.367. The van der Waals surface area contributed by atoms with E-state index in [9.17, 15) is 4.79 Å². The van der Waals surface area contributed by atoms with Crippen molar-refractivity contribution in [3.8, 4) is 0 Å². The van der Waals surface area contributed by atoms with E-state index in [1.54, 1.807) is 12.1 Å². The highest BCUT2D eigenvalue weighted by Crippen LogP contribution is 2.22. The van der Waals surface area contributed by atoms with Crippen molar-refractivity contribution in [2.45, 2.75) is 19.4 Å². The maximum absolute atomic E-state index is 12.4. The number of hydrogen-bond donors (Lipinski definition) is 2. The molecular weight excluding hydrogens is 350 g/mol. The van der Waals surface area contributed by atoms with E-state index in [1.807, 2.05) is 54.6 Å². The Morgan fingerprint density at radius 3 is 2.32 bits per heavy atom. The second-order valence-electron chi connectivity index (χ2n) is 6.84. The lowest BCUT2D eigenvalue weighted by molar-refractivity contribution is 0.102. The summed E-state index contributed by atoms with van der Waals surface area (Å²) in [5.41, 5.74) is 3.39. The van der Waals surface area contributed by atoms with Crippen LogP contribution in [0.25, 0.3) is 0 Å². The third kappa shape index (κ3) is 4.46. The molecular formula is C22H23N5O. The van der Waals surface area contributed by atoms with Crippen molar-refractivity contribution in [3.63, 3.8) is 0 Å². The fourth-order valence-corrected chi connectivity index (χ4v) is 3.26. The number of hydrogen-bond acceptors (Lipinski definition) is 5. The van der Waals surface area contributed by atoms with E-state index in [0.717, 1.165) is 24.3 Å². The molecule has 0 saturated carbocycles. The first kappa shape index (κ1) is 18.0. The van der Waals surface area contributed by atoms with Gasteiger partial charge in [-0.15, -0.1) is 10.2 Å². The first-order chi connectivity index (χ1) is 13.8. The van der Waals surface area contributed by atoms with E-state index < -0.39 is 0 Å². The fourth-order valence-electron chi connectivity index (χ4n) is 3.26. The Morgan fingerprint density at radius 1 is 0.893 bits per heavy atom. The minimum Gasteiger partial charge on any atom is -0.372 e. The average Bonchev–Trinajstić information content (AvgIpc) is 3.29. The predicted molar refractivity (Wildman–Crippen MR) is 112 cm³/mol. The molecule has 0 atom stereocenters. The monoisotopic (exact) mass is 373 g/mol. The highest BCUT2D eigenvalue weighted by atomic mass is 16.1. The average molecular weight is 373 g/mol. The van der Waals surface area contributed by atoms with E-state index in [-0.39, 0.29) is 11.6 Å². The van der Waals surface area contributed by atoms with Gasteiger partial charge in [-0.3, -0.25) is 4.79 Å². The number of anilines is 3. The highest BCUT2D eigenvalue weighted by Gasteiger charge is 2.13. The maximum Gasteiger partial charge on any atom is 0.276 e. The van der Waals surface area contributed by atoms with Crippen LogP contribution < -0.4 is 15.5 Å². The lowest BCUT2D eigenvalue weighted by atomic mass is 10.2. The second kappa shape index (κ2) is 8.52. The van der Waals surface area contributed by atoms with Crippen molar-refractivity contribution in [3.05, 3.63) is 78.0 Å². The maximum atomic E-state index is 12.4. The summed E-state index contributed by atoms with van der Waals surface area (Å²) in [7, 11) is 0. The van der Waals surface area contributed by atoms with Gasteiger partial charge in [0, 0.05) is 31.0 Å². The van der Waals surface area contributed by atoms with E-state index in [1.165, 1.54) is 18.5 Å². The Morgan fingerprint density at radius 2 is 1.64 bits per heavy atom. The number of rotatable bonds is 6. The van der Waals surface area contributed by atoms with E-state index in [0.29, 0.717) is 12.4 Å². The van der Waals surface area contributed by atoms with Gasteiger partial charge in [0.25, 0.3) is 5.91 Å². The molecule has 1 aliphatic heterocycles. The predicted octanol–water partition coefficient (Wildman–Crippen LogP) is 3.94. The quantitative estimate of drug-likeness (QED) is 0.685. The second-order valence-corrected chi connectivity index (χ2v) is 6.84. The summed E-state index contributed by atoms with van der Waals surface area (Å²) < 4.78 is 0. The Bertz CT molecular complexity index is 904. The number of nitrogens with zero attached hydrogens (tertiary/aromatic N) is 3. The summed E-state index contributed by atoms with van der Waals surface area (Å²) >= 11 is 0. The molecule has 0 unspecified atom stereocenters. The van der Waals surface area contributed by atoms with Crippen LogP contribution in [-0.4, -0.2) is 29.2 Å². The molecule has 0 aliphatic carbocycles. The Kier molecular flexibility index (Phi) is 5.47. The molecule has 2 aromatic carbocycles. The van der Waals surface area contributed by atoms with Gasteiger partial charge in [0.15, 0.2) is 5.69 Å². The molecule has 2 heterocycles. The Balaban J connectivity index is 1.33. The number of amides is 1. The first-order valence-corrected chi connectivity index (χ1v) is 9.56. The van der Waals surface area contributed by atoms with Crippen molar-refractivity contribution in [2.24, 2.45) is 0 Å². The summed E-state index contributed by atoms with van der Waals surface area (Å²) in [6.07, 6.45) is 2.49. The van der Waals surface area contributed by atoms with Crippen LogP contribution in [0.2, 0.25) is 0 Å². The van der Waals surface area contributed by atoms with Gasteiger partial charge in [-0.25, -0.2) is 0 Å². The van der Waals surface area contributed by atoms with E-state index >= 15 is 0 Å². The Labute approximate surface area is 164 Å². The molecule has 1 saturated heterocycles. The van der Waals surface area contributed by atoms with Crippen molar-refractivity contribution in [1.82, 2.24) is 10.2 Å². The van der Waals surface area contributed by atoms with Gasteiger partial charge in [-0.1, -0.05) is 30.3 Å². The number of carbonyl (C=O) groups is 1. The number of nitrogens with one attached hydrogen (secondary N) is 2. The van der Waals surface area contributed by atoms with Gasteiger partial charge in [0.2, 0.25) is 0 Å². The number of benzene rings is 2. The van der Waals surface area contributed by atoms with Crippen LogP contribution >= 0.6 is 0 Å². The SMILES string of the molecule is O=C(Nc1ccc(N2CCCC2)cc1)c1ccc(NCc2ccccc2)nn1. The first-order valence-electron chi connectivity index (χ1n) is 9.56. The molecule has 0 spiro atoms. The van der Waals surface area contributed by atoms with Crippen molar-refractivity contribution in [1.29, 1.82) is 0 Å². The molecule has 142 valence electrons. The van der Waals surface area contributed by atoms with Crippen LogP contribution in [0.3, 0.4) is 0 Å². The van der Waals surface area contributed by atoms with Gasteiger partial charge in [-0.05, 0) is 54.8 Å².